The second-order valence-corrected chi connectivity index (χ2v) is 10.1. The van der Waals surface area contributed by atoms with Crippen molar-refractivity contribution < 1.29 is 9.53 Å². The third-order valence-electron chi connectivity index (χ3n) is 7.78. The van der Waals surface area contributed by atoms with Crippen molar-refractivity contribution in [3.63, 3.8) is 0 Å². The van der Waals surface area contributed by atoms with Gasteiger partial charge in [-0.25, -0.2) is 4.98 Å². The monoisotopic (exact) mass is 457 g/mol. The van der Waals surface area contributed by atoms with Crippen molar-refractivity contribution in [1.82, 2.24) is 14.5 Å². The van der Waals surface area contributed by atoms with Crippen molar-refractivity contribution >= 4 is 6.29 Å². The fourth-order valence-corrected chi connectivity index (χ4v) is 6.12. The van der Waals surface area contributed by atoms with Gasteiger partial charge in [-0.2, -0.15) is 0 Å². The average molecular weight is 458 g/mol. The standard InChI is InChI=1S/C29H35N3O2/c1-20-13-24(14-21(2)28(20)34-3)25-16-27(29-30-26(19-33)18-32(29)17-25)31-11-9-23(10-12-31)15-22-7-5-4-6-8-22/h4-8,13-14,18-19,23,25,27H,9-12,15-17H2,1-3H3. The van der Waals surface area contributed by atoms with E-state index in [9.17, 15) is 4.79 Å². The van der Waals surface area contributed by atoms with Crippen molar-refractivity contribution in [2.45, 2.75) is 58.0 Å². The lowest BCUT2D eigenvalue weighted by atomic mass is 9.84. The first-order chi connectivity index (χ1) is 16.6. The maximum atomic E-state index is 11.5. The molecule has 0 aliphatic carbocycles. The lowest BCUT2D eigenvalue weighted by molar-refractivity contribution is 0.102. The highest BCUT2D eigenvalue weighted by molar-refractivity contribution is 5.71. The molecular weight excluding hydrogens is 422 g/mol. The number of carbonyl (C=O) groups excluding carboxylic acids is 1. The molecule has 5 heteroatoms. The van der Waals surface area contributed by atoms with Gasteiger partial charge in [0, 0.05) is 18.7 Å². The van der Waals surface area contributed by atoms with E-state index in [1.165, 1.54) is 35.1 Å². The number of hydrogen-bond donors (Lipinski definition) is 0. The molecule has 2 aliphatic heterocycles. The number of benzene rings is 2. The fraction of sp³-hybridized carbons (Fsp3) is 0.448. The molecule has 178 valence electrons. The van der Waals surface area contributed by atoms with Crippen LogP contribution in [0.2, 0.25) is 0 Å². The Kier molecular flexibility index (Phi) is 6.55. The maximum absolute atomic E-state index is 11.5. The first-order valence-corrected chi connectivity index (χ1v) is 12.5. The molecule has 2 atom stereocenters. The van der Waals surface area contributed by atoms with Gasteiger partial charge in [0.05, 0.1) is 13.2 Å². The average Bonchev–Trinajstić information content (AvgIpc) is 3.28. The van der Waals surface area contributed by atoms with Crippen molar-refractivity contribution in [1.29, 1.82) is 0 Å². The predicted molar refractivity (Wildman–Crippen MR) is 135 cm³/mol. The number of carbonyl (C=O) groups is 1. The van der Waals surface area contributed by atoms with Crippen LogP contribution < -0.4 is 4.74 Å². The van der Waals surface area contributed by atoms with Gasteiger partial charge in [0.15, 0.2) is 6.29 Å². The largest absolute Gasteiger partial charge is 0.496 e. The lowest BCUT2D eigenvalue weighted by Gasteiger charge is -2.41. The summed E-state index contributed by atoms with van der Waals surface area (Å²) in [7, 11) is 1.74. The van der Waals surface area contributed by atoms with Crippen LogP contribution in [-0.4, -0.2) is 40.9 Å². The van der Waals surface area contributed by atoms with E-state index in [4.69, 9.17) is 9.72 Å². The molecule has 1 saturated heterocycles. The SMILES string of the molecule is COc1c(C)cc(C2CC(N3CCC(Cc4ccccc4)CC3)c3nc(C=O)cn3C2)cc1C. The number of fused-ring (bicyclic) bond motifs is 1. The number of rotatable bonds is 6. The van der Waals surface area contributed by atoms with Gasteiger partial charge >= 0.3 is 0 Å². The summed E-state index contributed by atoms with van der Waals surface area (Å²) >= 11 is 0. The molecule has 0 saturated carbocycles. The number of aromatic nitrogens is 2. The van der Waals surface area contributed by atoms with Gasteiger partial charge in [0.1, 0.15) is 17.3 Å². The minimum absolute atomic E-state index is 0.243. The molecule has 0 spiro atoms. The van der Waals surface area contributed by atoms with Crippen molar-refractivity contribution in [3.8, 4) is 5.75 Å². The Labute approximate surface area is 202 Å². The molecule has 3 heterocycles. The number of nitrogens with zero attached hydrogens (tertiary/aromatic N) is 3. The van der Waals surface area contributed by atoms with Crippen LogP contribution in [0.3, 0.4) is 0 Å². The van der Waals surface area contributed by atoms with Crippen molar-refractivity contribution in [2.75, 3.05) is 20.2 Å². The molecule has 5 nitrogen and oxygen atoms in total. The van der Waals surface area contributed by atoms with Gasteiger partial charge in [-0.1, -0.05) is 42.5 Å². The zero-order chi connectivity index (χ0) is 23.7. The van der Waals surface area contributed by atoms with E-state index in [2.05, 4.69) is 65.8 Å². The molecule has 0 bridgehead atoms. The van der Waals surface area contributed by atoms with E-state index in [-0.39, 0.29) is 6.04 Å². The molecule has 0 N–H and O–H groups in total. The Hall–Kier alpha value is -2.92. The quantitative estimate of drug-likeness (QED) is 0.458. The molecule has 1 aromatic heterocycles. The Morgan fingerprint density at radius 2 is 1.79 bits per heavy atom. The molecule has 5 rings (SSSR count). The summed E-state index contributed by atoms with van der Waals surface area (Å²) in [6.45, 7) is 7.28. The Bertz CT molecular complexity index is 1120. The molecule has 2 aliphatic rings. The van der Waals surface area contributed by atoms with Gasteiger partial charge in [-0.05, 0) is 80.8 Å². The number of ether oxygens (including phenoxy) is 1. The molecule has 2 unspecified atom stereocenters. The van der Waals surface area contributed by atoms with E-state index in [1.54, 1.807) is 7.11 Å². The van der Waals surface area contributed by atoms with E-state index < -0.39 is 0 Å². The summed E-state index contributed by atoms with van der Waals surface area (Å²) < 4.78 is 7.83. The summed E-state index contributed by atoms with van der Waals surface area (Å²) in [5, 5.41) is 0. The van der Waals surface area contributed by atoms with Gasteiger partial charge < -0.3 is 9.30 Å². The number of imidazole rings is 1. The van der Waals surface area contributed by atoms with E-state index in [0.717, 1.165) is 56.3 Å². The second kappa shape index (κ2) is 9.75. The van der Waals surface area contributed by atoms with Crippen LogP contribution in [-0.2, 0) is 13.0 Å². The zero-order valence-corrected chi connectivity index (χ0v) is 20.5. The zero-order valence-electron chi connectivity index (χ0n) is 20.5. The van der Waals surface area contributed by atoms with Gasteiger partial charge in [0.25, 0.3) is 0 Å². The van der Waals surface area contributed by atoms with Crippen LogP contribution in [0.15, 0.2) is 48.7 Å². The number of likely N-dealkylation sites (tertiary alicyclic amines) is 1. The second-order valence-electron chi connectivity index (χ2n) is 10.1. The van der Waals surface area contributed by atoms with Crippen molar-refractivity contribution in [2.24, 2.45) is 5.92 Å². The summed E-state index contributed by atoms with van der Waals surface area (Å²) in [4.78, 5) is 18.9. The minimum Gasteiger partial charge on any atom is -0.496 e. The highest BCUT2D eigenvalue weighted by Gasteiger charge is 2.35. The topological polar surface area (TPSA) is 47.4 Å². The maximum Gasteiger partial charge on any atom is 0.170 e. The first-order valence-electron chi connectivity index (χ1n) is 12.5. The third kappa shape index (κ3) is 4.54. The molecule has 2 aromatic carbocycles. The number of aldehydes is 1. The smallest absolute Gasteiger partial charge is 0.170 e. The molecule has 1 fully saturated rings. The van der Waals surface area contributed by atoms with Gasteiger partial charge in [-0.3, -0.25) is 9.69 Å². The number of aryl methyl sites for hydroxylation is 2. The van der Waals surface area contributed by atoms with Crippen LogP contribution in [0.1, 0.15) is 69.8 Å². The Morgan fingerprint density at radius 3 is 2.44 bits per heavy atom. The Balaban J connectivity index is 1.36. The number of piperidine rings is 1. The molecular formula is C29H35N3O2. The summed E-state index contributed by atoms with van der Waals surface area (Å²) in [6, 6.07) is 15.7. The summed E-state index contributed by atoms with van der Waals surface area (Å²) in [5.41, 5.74) is 5.70. The highest BCUT2D eigenvalue weighted by atomic mass is 16.5. The lowest BCUT2D eigenvalue weighted by Crippen LogP contribution is -2.41. The fourth-order valence-electron chi connectivity index (χ4n) is 6.12. The predicted octanol–water partition coefficient (Wildman–Crippen LogP) is 5.50. The molecule has 3 aromatic rings. The Morgan fingerprint density at radius 1 is 1.09 bits per heavy atom. The van der Waals surface area contributed by atoms with E-state index in [0.29, 0.717) is 11.6 Å². The van der Waals surface area contributed by atoms with Crippen LogP contribution in [0, 0.1) is 19.8 Å². The van der Waals surface area contributed by atoms with Crippen LogP contribution in [0.5, 0.6) is 5.75 Å². The van der Waals surface area contributed by atoms with E-state index in [1.807, 2.05) is 6.20 Å². The number of hydrogen-bond acceptors (Lipinski definition) is 4. The normalized spacial score (nSPS) is 21.3. The van der Waals surface area contributed by atoms with Crippen LogP contribution in [0.4, 0.5) is 0 Å². The van der Waals surface area contributed by atoms with Gasteiger partial charge in [0.2, 0.25) is 0 Å². The first kappa shape index (κ1) is 22.9. The number of methoxy groups -OCH3 is 1. The highest BCUT2D eigenvalue weighted by Crippen LogP contribution is 2.41. The van der Waals surface area contributed by atoms with Crippen LogP contribution in [0.25, 0.3) is 0 Å². The van der Waals surface area contributed by atoms with Crippen molar-refractivity contribution in [3.05, 3.63) is 82.4 Å². The van der Waals surface area contributed by atoms with Gasteiger partial charge in [-0.15, -0.1) is 0 Å². The van der Waals surface area contributed by atoms with E-state index >= 15 is 0 Å². The minimum atomic E-state index is 0.243. The molecule has 34 heavy (non-hydrogen) atoms. The third-order valence-corrected chi connectivity index (χ3v) is 7.78. The molecule has 0 amide bonds. The van der Waals surface area contributed by atoms with Crippen LogP contribution >= 0.6 is 0 Å². The molecule has 0 radical (unpaired) electrons. The summed E-state index contributed by atoms with van der Waals surface area (Å²) in [6.07, 6.45) is 7.42. The summed E-state index contributed by atoms with van der Waals surface area (Å²) in [5.74, 6) is 3.15.